The SMILES string of the molecule is CN(Cc1cnn2cc(CNC(=O)c3nonc3C3CC3)nc2c1)CC(F)(F)CNC=O. The summed E-state index contributed by atoms with van der Waals surface area (Å²) in [5.74, 6) is -3.20. The predicted octanol–water partition coefficient (Wildman–Crippen LogP) is 0.733. The van der Waals surface area contributed by atoms with E-state index in [1.165, 1.54) is 4.90 Å². The van der Waals surface area contributed by atoms with Crippen LogP contribution >= 0.6 is 0 Å². The number of nitrogens with one attached hydrogen (secondary N) is 2. The van der Waals surface area contributed by atoms with Crippen molar-refractivity contribution >= 4 is 18.0 Å². The Morgan fingerprint density at radius 1 is 1.41 bits per heavy atom. The van der Waals surface area contributed by atoms with Gasteiger partial charge < -0.3 is 10.6 Å². The molecular formula is C19H22F2N8O3. The standard InChI is InChI=1S/C19H22F2N8O3/c1-28(10-19(20,21)9-22-11-30)7-12-4-15-25-14(8-29(15)24-5-12)6-23-18(31)17-16(13-2-3-13)26-32-27-17/h4-5,8,11,13H,2-3,6-7,9-10H2,1H3,(H,22,30)(H,23,31). The van der Waals surface area contributed by atoms with Gasteiger partial charge in [-0.1, -0.05) is 5.16 Å². The molecule has 3 aromatic rings. The first-order valence-electron chi connectivity index (χ1n) is 10.0. The van der Waals surface area contributed by atoms with Crippen molar-refractivity contribution in [1.82, 2.24) is 40.4 Å². The largest absolute Gasteiger partial charge is 0.353 e. The molecule has 0 spiro atoms. The smallest absolute Gasteiger partial charge is 0.277 e. The van der Waals surface area contributed by atoms with Crippen LogP contribution in [0.15, 0.2) is 23.1 Å². The van der Waals surface area contributed by atoms with Gasteiger partial charge in [0.15, 0.2) is 11.3 Å². The van der Waals surface area contributed by atoms with Gasteiger partial charge in [-0.15, -0.1) is 0 Å². The van der Waals surface area contributed by atoms with Crippen molar-refractivity contribution in [2.24, 2.45) is 0 Å². The monoisotopic (exact) mass is 448 g/mol. The molecule has 11 nitrogen and oxygen atoms in total. The van der Waals surface area contributed by atoms with Crippen LogP contribution in [0.25, 0.3) is 5.65 Å². The summed E-state index contributed by atoms with van der Waals surface area (Å²) in [6.07, 6.45) is 5.43. The summed E-state index contributed by atoms with van der Waals surface area (Å²) in [6.45, 7) is -0.864. The maximum Gasteiger partial charge on any atom is 0.277 e. The molecule has 2 N–H and O–H groups in total. The van der Waals surface area contributed by atoms with Gasteiger partial charge in [-0.2, -0.15) is 5.10 Å². The van der Waals surface area contributed by atoms with E-state index in [-0.39, 0.29) is 37.0 Å². The third-order valence-corrected chi connectivity index (χ3v) is 4.95. The average molecular weight is 448 g/mol. The summed E-state index contributed by atoms with van der Waals surface area (Å²) >= 11 is 0. The van der Waals surface area contributed by atoms with Crippen LogP contribution in [0.4, 0.5) is 8.78 Å². The van der Waals surface area contributed by atoms with E-state index < -0.39 is 19.0 Å². The first kappa shape index (κ1) is 21.7. The lowest BCUT2D eigenvalue weighted by atomic mass is 10.2. The summed E-state index contributed by atoms with van der Waals surface area (Å²) in [4.78, 5) is 28.5. The van der Waals surface area contributed by atoms with Gasteiger partial charge in [-0.3, -0.25) is 14.5 Å². The zero-order valence-electron chi connectivity index (χ0n) is 17.3. The summed E-state index contributed by atoms with van der Waals surface area (Å²) in [5, 5.41) is 16.5. The van der Waals surface area contributed by atoms with E-state index in [1.807, 2.05) is 5.32 Å². The number of imidazole rings is 1. The minimum absolute atomic E-state index is 0.157. The lowest BCUT2D eigenvalue weighted by Crippen LogP contribution is -2.41. The first-order chi connectivity index (χ1) is 15.3. The van der Waals surface area contributed by atoms with E-state index in [0.717, 1.165) is 12.8 Å². The Labute approximate surface area is 181 Å². The Morgan fingerprint density at radius 3 is 2.97 bits per heavy atom. The van der Waals surface area contributed by atoms with Crippen molar-refractivity contribution in [2.45, 2.75) is 37.8 Å². The van der Waals surface area contributed by atoms with Crippen LogP contribution in [0.2, 0.25) is 0 Å². The van der Waals surface area contributed by atoms with Crippen molar-refractivity contribution in [3.63, 3.8) is 0 Å². The van der Waals surface area contributed by atoms with Crippen LogP contribution in [0.3, 0.4) is 0 Å². The molecule has 0 aliphatic heterocycles. The highest BCUT2D eigenvalue weighted by molar-refractivity contribution is 5.93. The van der Waals surface area contributed by atoms with Crippen LogP contribution < -0.4 is 10.6 Å². The molecule has 13 heteroatoms. The van der Waals surface area contributed by atoms with Gasteiger partial charge in [0.05, 0.1) is 37.7 Å². The van der Waals surface area contributed by atoms with Crippen molar-refractivity contribution in [1.29, 1.82) is 0 Å². The second-order valence-corrected chi connectivity index (χ2v) is 7.88. The van der Waals surface area contributed by atoms with Gasteiger partial charge in [-0.05, 0) is 36.7 Å². The van der Waals surface area contributed by atoms with Crippen molar-refractivity contribution in [3.8, 4) is 0 Å². The molecule has 1 fully saturated rings. The Kier molecular flexibility index (Phi) is 6.08. The van der Waals surface area contributed by atoms with Gasteiger partial charge in [0, 0.05) is 12.5 Å². The zero-order chi connectivity index (χ0) is 22.7. The summed E-state index contributed by atoms with van der Waals surface area (Å²) in [5.41, 5.74) is 2.58. The number of fused-ring (bicyclic) bond motifs is 1. The van der Waals surface area contributed by atoms with E-state index >= 15 is 0 Å². The number of nitrogens with zero attached hydrogens (tertiary/aromatic N) is 6. The van der Waals surface area contributed by atoms with Crippen molar-refractivity contribution in [3.05, 3.63) is 41.1 Å². The number of hydrogen-bond donors (Lipinski definition) is 2. The fourth-order valence-electron chi connectivity index (χ4n) is 3.38. The number of carbonyl (C=O) groups is 2. The highest BCUT2D eigenvalue weighted by Crippen LogP contribution is 2.40. The zero-order valence-corrected chi connectivity index (χ0v) is 17.3. The van der Waals surface area contributed by atoms with E-state index in [1.54, 1.807) is 30.0 Å². The minimum Gasteiger partial charge on any atom is -0.353 e. The fraction of sp³-hybridized carbons (Fsp3) is 0.474. The molecule has 3 aromatic heterocycles. The summed E-state index contributed by atoms with van der Waals surface area (Å²) in [7, 11) is 1.56. The van der Waals surface area contributed by atoms with Gasteiger partial charge in [-0.25, -0.2) is 22.9 Å². The highest BCUT2D eigenvalue weighted by Gasteiger charge is 2.33. The molecule has 0 radical (unpaired) electrons. The predicted molar refractivity (Wildman–Crippen MR) is 106 cm³/mol. The molecule has 3 heterocycles. The van der Waals surface area contributed by atoms with Crippen LogP contribution in [-0.2, 0) is 17.9 Å². The number of alkyl halides is 2. The maximum absolute atomic E-state index is 13.8. The molecular weight excluding hydrogens is 426 g/mol. The van der Waals surface area contributed by atoms with E-state index in [4.69, 9.17) is 4.63 Å². The van der Waals surface area contributed by atoms with Crippen molar-refractivity contribution < 1.29 is 23.0 Å². The second kappa shape index (κ2) is 8.94. The lowest BCUT2D eigenvalue weighted by Gasteiger charge is -2.23. The fourth-order valence-corrected chi connectivity index (χ4v) is 3.38. The van der Waals surface area contributed by atoms with Gasteiger partial charge in [0.2, 0.25) is 6.41 Å². The van der Waals surface area contributed by atoms with Gasteiger partial charge in [0.25, 0.3) is 11.8 Å². The Hall–Kier alpha value is -3.48. The molecule has 1 aliphatic carbocycles. The van der Waals surface area contributed by atoms with Crippen LogP contribution in [0.5, 0.6) is 0 Å². The summed E-state index contributed by atoms with van der Waals surface area (Å²) in [6, 6.07) is 1.74. The lowest BCUT2D eigenvalue weighted by molar-refractivity contribution is -0.111. The second-order valence-electron chi connectivity index (χ2n) is 7.88. The molecule has 0 saturated heterocycles. The molecule has 0 unspecified atom stereocenters. The van der Waals surface area contributed by atoms with Crippen LogP contribution in [-0.4, -0.2) is 68.2 Å². The number of carbonyl (C=O) groups excluding carboxylic acids is 2. The molecule has 32 heavy (non-hydrogen) atoms. The molecule has 1 aliphatic rings. The maximum atomic E-state index is 13.8. The highest BCUT2D eigenvalue weighted by atomic mass is 19.3. The first-order valence-corrected chi connectivity index (χ1v) is 10.0. The van der Waals surface area contributed by atoms with E-state index in [9.17, 15) is 18.4 Å². The van der Waals surface area contributed by atoms with Crippen molar-refractivity contribution in [2.75, 3.05) is 20.1 Å². The minimum atomic E-state index is -3.05. The number of halogens is 2. The molecule has 0 atom stereocenters. The molecule has 170 valence electrons. The number of rotatable bonds is 11. The summed E-state index contributed by atoms with van der Waals surface area (Å²) < 4.78 is 33.8. The molecule has 0 aromatic carbocycles. The number of aromatic nitrogens is 5. The van der Waals surface area contributed by atoms with E-state index in [2.05, 4.69) is 25.7 Å². The molecule has 0 bridgehead atoms. The van der Waals surface area contributed by atoms with Gasteiger partial charge in [0.1, 0.15) is 5.69 Å². The number of hydrogen-bond acceptors (Lipinski definition) is 8. The topological polar surface area (TPSA) is 131 Å². The molecule has 1 saturated carbocycles. The van der Waals surface area contributed by atoms with Gasteiger partial charge >= 0.3 is 0 Å². The third kappa shape index (κ3) is 5.22. The van der Waals surface area contributed by atoms with E-state index in [0.29, 0.717) is 22.6 Å². The Bertz CT molecular complexity index is 1110. The van der Waals surface area contributed by atoms with Crippen LogP contribution in [0, 0.1) is 0 Å². The molecule has 4 rings (SSSR count). The third-order valence-electron chi connectivity index (χ3n) is 4.95. The normalized spacial score (nSPS) is 14.1. The van der Waals surface area contributed by atoms with Crippen LogP contribution in [0.1, 0.15) is 46.2 Å². The Morgan fingerprint density at radius 2 is 2.22 bits per heavy atom. The number of amides is 2. The quantitative estimate of drug-likeness (QED) is 0.411. The molecule has 2 amide bonds. The average Bonchev–Trinajstić information content (AvgIpc) is 3.32. The Balaban J connectivity index is 1.35.